The van der Waals surface area contributed by atoms with Crippen molar-refractivity contribution in [2.45, 2.75) is 81.6 Å². The summed E-state index contributed by atoms with van der Waals surface area (Å²) in [6, 6.07) is 2.64. The summed E-state index contributed by atoms with van der Waals surface area (Å²) in [4.78, 5) is 0. The predicted molar refractivity (Wildman–Crippen MR) is 75.1 cm³/mol. The minimum absolute atomic E-state index is 0.0280. The lowest BCUT2D eigenvalue weighted by Crippen LogP contribution is -2.49. The summed E-state index contributed by atoms with van der Waals surface area (Å²) in [5.41, 5.74) is 0.562. The van der Waals surface area contributed by atoms with E-state index in [1.165, 1.54) is 57.8 Å². The minimum Gasteiger partial charge on any atom is -0.197 e. The average molecular weight is 251 g/mol. The largest absolute Gasteiger partial charge is 0.197 e. The molecule has 0 aliphatic heterocycles. The molecule has 2 heteroatoms. The van der Waals surface area contributed by atoms with Crippen molar-refractivity contribution in [2.75, 3.05) is 0 Å². The van der Waals surface area contributed by atoms with Crippen molar-refractivity contribution in [3.05, 3.63) is 0 Å². The van der Waals surface area contributed by atoms with Crippen LogP contribution in [-0.2, 0) is 0 Å². The van der Waals surface area contributed by atoms with Crippen molar-refractivity contribution in [1.29, 1.82) is 5.26 Å². The number of nitrogens with zero attached hydrogens (tertiary/aromatic N) is 1. The van der Waals surface area contributed by atoms with E-state index in [0.29, 0.717) is 10.7 Å². The van der Waals surface area contributed by atoms with E-state index in [4.69, 9.17) is 0 Å². The van der Waals surface area contributed by atoms with Crippen LogP contribution < -0.4 is 0 Å². The maximum atomic E-state index is 9.49. The Morgan fingerprint density at radius 2 is 1.76 bits per heavy atom. The Morgan fingerprint density at radius 3 is 2.24 bits per heavy atom. The Hall–Kier alpha value is -0.160. The molecule has 1 unspecified atom stereocenters. The van der Waals surface area contributed by atoms with Crippen molar-refractivity contribution < 1.29 is 0 Å². The number of hydrogen-bond donors (Lipinski definition) is 0. The molecule has 1 atom stereocenters. The van der Waals surface area contributed by atoms with E-state index >= 15 is 0 Å². The Morgan fingerprint density at radius 1 is 1.18 bits per heavy atom. The Labute approximate surface area is 110 Å². The predicted octanol–water partition coefficient (Wildman–Crippen LogP) is 4.91. The normalized spacial score (nSPS) is 27.8. The van der Waals surface area contributed by atoms with Gasteiger partial charge in [0.1, 0.15) is 4.75 Å². The van der Waals surface area contributed by atoms with Crippen molar-refractivity contribution in [2.24, 2.45) is 5.41 Å². The number of hydrogen-bond acceptors (Lipinski definition) is 2. The van der Waals surface area contributed by atoms with Crippen LogP contribution in [0.3, 0.4) is 0 Å². The summed E-state index contributed by atoms with van der Waals surface area (Å²) in [6.45, 7) is 4.49. The standard InChI is InChI=1S/C15H25NS/c1-3-13(2)17-15(12-16)10-14(11-15)8-6-4-5-7-9-14/h13H,3-11H2,1-2H3. The second-order valence-corrected chi connectivity index (χ2v) is 8.03. The molecule has 2 aliphatic rings. The highest BCUT2D eigenvalue weighted by Gasteiger charge is 2.55. The first-order valence-electron chi connectivity index (χ1n) is 7.23. The van der Waals surface area contributed by atoms with Gasteiger partial charge >= 0.3 is 0 Å². The first-order chi connectivity index (χ1) is 8.14. The van der Waals surface area contributed by atoms with Gasteiger partial charge in [-0.15, -0.1) is 11.8 Å². The summed E-state index contributed by atoms with van der Waals surface area (Å²) < 4.78 is -0.0280. The molecule has 0 saturated heterocycles. The van der Waals surface area contributed by atoms with Crippen molar-refractivity contribution >= 4 is 11.8 Å². The lowest BCUT2D eigenvalue weighted by molar-refractivity contribution is 0.0880. The molecule has 0 amide bonds. The van der Waals surface area contributed by atoms with Crippen LogP contribution in [0.25, 0.3) is 0 Å². The van der Waals surface area contributed by atoms with Gasteiger partial charge in [0, 0.05) is 5.25 Å². The third-order valence-corrected chi connectivity index (χ3v) is 6.26. The van der Waals surface area contributed by atoms with E-state index in [2.05, 4.69) is 19.9 Å². The molecular formula is C15H25NS. The molecule has 2 saturated carbocycles. The van der Waals surface area contributed by atoms with Crippen LogP contribution in [0, 0.1) is 16.7 Å². The van der Waals surface area contributed by atoms with Gasteiger partial charge in [-0.2, -0.15) is 5.26 Å². The van der Waals surface area contributed by atoms with Gasteiger partial charge in [-0.1, -0.05) is 39.5 Å². The van der Waals surface area contributed by atoms with Crippen LogP contribution in [0.1, 0.15) is 71.6 Å². The van der Waals surface area contributed by atoms with Gasteiger partial charge in [0.25, 0.3) is 0 Å². The zero-order chi connectivity index (χ0) is 12.4. The first kappa shape index (κ1) is 13.3. The molecule has 96 valence electrons. The summed E-state index contributed by atoms with van der Waals surface area (Å²) in [6.07, 6.45) is 11.9. The topological polar surface area (TPSA) is 23.8 Å². The Balaban J connectivity index is 1.95. The first-order valence-corrected chi connectivity index (χ1v) is 8.11. The van der Waals surface area contributed by atoms with E-state index in [-0.39, 0.29) is 4.75 Å². The fourth-order valence-electron chi connectivity index (χ4n) is 3.65. The minimum atomic E-state index is -0.0280. The van der Waals surface area contributed by atoms with E-state index in [1.54, 1.807) is 0 Å². The zero-order valence-electron chi connectivity index (χ0n) is 11.3. The summed E-state index contributed by atoms with van der Waals surface area (Å²) in [7, 11) is 0. The fourth-order valence-corrected chi connectivity index (χ4v) is 5.42. The third-order valence-electron chi connectivity index (χ3n) is 4.69. The highest BCUT2D eigenvalue weighted by Crippen LogP contribution is 2.61. The van der Waals surface area contributed by atoms with Gasteiger partial charge < -0.3 is 0 Å². The zero-order valence-corrected chi connectivity index (χ0v) is 12.1. The molecule has 1 nitrogen and oxygen atoms in total. The van der Waals surface area contributed by atoms with Crippen LogP contribution >= 0.6 is 11.8 Å². The van der Waals surface area contributed by atoms with Gasteiger partial charge in [0.2, 0.25) is 0 Å². The molecule has 2 aliphatic carbocycles. The number of nitriles is 1. The molecule has 0 aromatic heterocycles. The highest BCUT2D eigenvalue weighted by atomic mass is 32.2. The monoisotopic (exact) mass is 251 g/mol. The highest BCUT2D eigenvalue weighted by molar-refractivity contribution is 8.01. The maximum Gasteiger partial charge on any atom is 0.104 e. The lowest BCUT2D eigenvalue weighted by atomic mass is 9.58. The van der Waals surface area contributed by atoms with Crippen LogP contribution in [0.4, 0.5) is 0 Å². The molecule has 2 rings (SSSR count). The summed E-state index contributed by atoms with van der Waals surface area (Å²) in [5.74, 6) is 0. The van der Waals surface area contributed by atoms with Crippen molar-refractivity contribution in [3.63, 3.8) is 0 Å². The average Bonchev–Trinajstić information content (AvgIpc) is 2.53. The van der Waals surface area contributed by atoms with Crippen LogP contribution in [0.5, 0.6) is 0 Å². The molecule has 0 aromatic carbocycles. The third kappa shape index (κ3) is 2.81. The smallest absolute Gasteiger partial charge is 0.104 e. The SMILES string of the molecule is CCC(C)SC1(C#N)CC2(CCCCCC2)C1. The van der Waals surface area contributed by atoms with E-state index in [1.807, 2.05) is 11.8 Å². The Bertz CT molecular complexity index is 289. The van der Waals surface area contributed by atoms with E-state index in [9.17, 15) is 5.26 Å². The number of rotatable bonds is 3. The lowest BCUT2D eigenvalue weighted by Gasteiger charge is -2.53. The Kier molecular flexibility index (Phi) is 4.08. The fraction of sp³-hybridized carbons (Fsp3) is 0.933. The van der Waals surface area contributed by atoms with Gasteiger partial charge in [0.15, 0.2) is 0 Å². The summed E-state index contributed by atoms with van der Waals surface area (Å²) in [5, 5.41) is 10.1. The van der Waals surface area contributed by atoms with Crippen LogP contribution in [0.15, 0.2) is 0 Å². The number of thioether (sulfide) groups is 1. The van der Waals surface area contributed by atoms with Crippen molar-refractivity contribution in [3.8, 4) is 6.07 Å². The second-order valence-electron chi connectivity index (χ2n) is 6.21. The van der Waals surface area contributed by atoms with Gasteiger partial charge in [0.05, 0.1) is 6.07 Å². The van der Waals surface area contributed by atoms with Crippen LogP contribution in [0.2, 0.25) is 0 Å². The molecule has 0 heterocycles. The second kappa shape index (κ2) is 5.22. The van der Waals surface area contributed by atoms with Crippen LogP contribution in [-0.4, -0.2) is 10.00 Å². The van der Waals surface area contributed by atoms with Gasteiger partial charge in [-0.25, -0.2) is 0 Å². The molecule has 0 bridgehead atoms. The van der Waals surface area contributed by atoms with Gasteiger partial charge in [-0.05, 0) is 37.5 Å². The molecule has 2 fully saturated rings. The molecule has 0 aromatic rings. The molecule has 0 radical (unpaired) electrons. The quantitative estimate of drug-likeness (QED) is 0.711. The van der Waals surface area contributed by atoms with Gasteiger partial charge in [-0.3, -0.25) is 0 Å². The van der Waals surface area contributed by atoms with E-state index < -0.39 is 0 Å². The van der Waals surface area contributed by atoms with E-state index in [0.717, 1.165) is 0 Å². The van der Waals surface area contributed by atoms with Crippen molar-refractivity contribution in [1.82, 2.24) is 0 Å². The summed E-state index contributed by atoms with van der Waals surface area (Å²) >= 11 is 1.95. The maximum absolute atomic E-state index is 9.49. The molecule has 1 spiro atoms. The molecular weight excluding hydrogens is 226 g/mol. The molecule has 0 N–H and O–H groups in total. The molecule has 17 heavy (non-hydrogen) atoms.